The smallest absolute Gasteiger partial charge is 0.232 e. The van der Waals surface area contributed by atoms with Crippen LogP contribution in [0.2, 0.25) is 0 Å². The average Bonchev–Trinajstić information content (AvgIpc) is 2.49. The van der Waals surface area contributed by atoms with Crippen LogP contribution in [0.4, 0.5) is 5.69 Å². The maximum absolute atomic E-state index is 12.6. The molecule has 1 heterocycles. The number of nitrogens with zero attached hydrogens (tertiary/aromatic N) is 1. The molecule has 19 heavy (non-hydrogen) atoms. The Balaban J connectivity index is 2.10. The van der Waals surface area contributed by atoms with Crippen molar-refractivity contribution < 1.29 is 9.53 Å². The molecule has 4 nitrogen and oxygen atoms in total. The molecule has 0 bridgehead atoms. The van der Waals surface area contributed by atoms with Crippen LogP contribution in [0.5, 0.6) is 0 Å². The SMILES string of the molecule is NCCCN(C(=O)C1CCCOC1)c1ccccc1. The lowest BCUT2D eigenvalue weighted by atomic mass is 10.00. The Hall–Kier alpha value is -1.39. The molecule has 1 unspecified atom stereocenters. The van der Waals surface area contributed by atoms with E-state index >= 15 is 0 Å². The highest BCUT2D eigenvalue weighted by molar-refractivity contribution is 5.95. The number of ether oxygens (including phenoxy) is 1. The third-order valence-electron chi connectivity index (χ3n) is 3.43. The van der Waals surface area contributed by atoms with Gasteiger partial charge in [-0.15, -0.1) is 0 Å². The van der Waals surface area contributed by atoms with Crippen LogP contribution in [0, 0.1) is 5.92 Å². The average molecular weight is 262 g/mol. The van der Waals surface area contributed by atoms with E-state index in [-0.39, 0.29) is 11.8 Å². The number of benzene rings is 1. The van der Waals surface area contributed by atoms with Gasteiger partial charge in [-0.1, -0.05) is 18.2 Å². The molecule has 0 aromatic heterocycles. The fourth-order valence-corrected chi connectivity index (χ4v) is 2.38. The Morgan fingerprint density at radius 3 is 2.79 bits per heavy atom. The molecule has 2 N–H and O–H groups in total. The molecule has 0 saturated carbocycles. The third kappa shape index (κ3) is 3.78. The second kappa shape index (κ2) is 7.26. The number of amides is 1. The van der Waals surface area contributed by atoms with Crippen molar-refractivity contribution in [2.45, 2.75) is 19.3 Å². The zero-order valence-electron chi connectivity index (χ0n) is 11.3. The van der Waals surface area contributed by atoms with Gasteiger partial charge in [0, 0.05) is 18.8 Å². The number of hydrogen-bond donors (Lipinski definition) is 1. The van der Waals surface area contributed by atoms with E-state index in [4.69, 9.17) is 10.5 Å². The van der Waals surface area contributed by atoms with Crippen molar-refractivity contribution in [3.05, 3.63) is 30.3 Å². The summed E-state index contributed by atoms with van der Waals surface area (Å²) in [6.45, 7) is 2.59. The molecule has 1 fully saturated rings. The van der Waals surface area contributed by atoms with Gasteiger partial charge in [-0.2, -0.15) is 0 Å². The highest BCUT2D eigenvalue weighted by atomic mass is 16.5. The number of rotatable bonds is 5. The van der Waals surface area contributed by atoms with E-state index in [9.17, 15) is 4.79 Å². The summed E-state index contributed by atoms with van der Waals surface area (Å²) in [5, 5.41) is 0. The third-order valence-corrected chi connectivity index (χ3v) is 3.43. The largest absolute Gasteiger partial charge is 0.381 e. The highest BCUT2D eigenvalue weighted by Gasteiger charge is 2.27. The molecule has 4 heteroatoms. The molecule has 1 aliphatic heterocycles. The number of para-hydroxylation sites is 1. The van der Waals surface area contributed by atoms with Gasteiger partial charge in [-0.05, 0) is 37.9 Å². The summed E-state index contributed by atoms with van der Waals surface area (Å²) < 4.78 is 5.42. The Bertz CT molecular complexity index is 388. The van der Waals surface area contributed by atoms with Crippen molar-refractivity contribution in [3.63, 3.8) is 0 Å². The molecule has 1 amide bonds. The molecule has 0 spiro atoms. The summed E-state index contributed by atoms with van der Waals surface area (Å²) in [6, 6.07) is 9.81. The predicted molar refractivity (Wildman–Crippen MR) is 76.0 cm³/mol. The maximum Gasteiger partial charge on any atom is 0.232 e. The first kappa shape index (κ1) is 14.0. The second-order valence-electron chi connectivity index (χ2n) is 4.88. The zero-order valence-corrected chi connectivity index (χ0v) is 11.3. The van der Waals surface area contributed by atoms with Crippen molar-refractivity contribution in [1.29, 1.82) is 0 Å². The van der Waals surface area contributed by atoms with Crippen LogP contribution in [-0.4, -0.2) is 32.2 Å². The molecule has 0 radical (unpaired) electrons. The van der Waals surface area contributed by atoms with Gasteiger partial charge in [0.1, 0.15) is 0 Å². The summed E-state index contributed by atoms with van der Waals surface area (Å²) in [7, 11) is 0. The standard InChI is InChI=1S/C15H22N2O2/c16-9-5-10-17(14-7-2-1-3-8-14)15(18)13-6-4-11-19-12-13/h1-3,7-8,13H,4-6,9-12,16H2. The van der Waals surface area contributed by atoms with E-state index in [0.29, 0.717) is 19.7 Å². The van der Waals surface area contributed by atoms with E-state index in [1.807, 2.05) is 35.2 Å². The van der Waals surface area contributed by atoms with Gasteiger partial charge in [-0.3, -0.25) is 4.79 Å². The molecule has 2 rings (SSSR count). The summed E-state index contributed by atoms with van der Waals surface area (Å²) in [4.78, 5) is 14.5. The monoisotopic (exact) mass is 262 g/mol. The first-order valence-corrected chi connectivity index (χ1v) is 6.97. The van der Waals surface area contributed by atoms with Crippen molar-refractivity contribution in [2.24, 2.45) is 11.7 Å². The van der Waals surface area contributed by atoms with Crippen LogP contribution >= 0.6 is 0 Å². The normalized spacial score (nSPS) is 19.1. The lowest BCUT2D eigenvalue weighted by molar-refractivity contribution is -0.126. The van der Waals surface area contributed by atoms with E-state index < -0.39 is 0 Å². The minimum atomic E-state index is -0.00766. The molecular weight excluding hydrogens is 240 g/mol. The second-order valence-corrected chi connectivity index (χ2v) is 4.88. The van der Waals surface area contributed by atoms with Gasteiger partial charge in [-0.25, -0.2) is 0 Å². The van der Waals surface area contributed by atoms with E-state index in [1.54, 1.807) is 0 Å². The maximum atomic E-state index is 12.6. The molecule has 1 aromatic carbocycles. The minimum Gasteiger partial charge on any atom is -0.381 e. The van der Waals surface area contributed by atoms with Crippen molar-refractivity contribution in [1.82, 2.24) is 0 Å². The number of carbonyl (C=O) groups is 1. The molecule has 1 aliphatic rings. The first-order valence-electron chi connectivity index (χ1n) is 6.97. The number of hydrogen-bond acceptors (Lipinski definition) is 3. The van der Waals surface area contributed by atoms with Gasteiger partial charge < -0.3 is 15.4 Å². The van der Waals surface area contributed by atoms with E-state index in [2.05, 4.69) is 0 Å². The molecule has 1 atom stereocenters. The molecule has 1 aromatic rings. The summed E-state index contributed by atoms with van der Waals surface area (Å²) in [6.07, 6.45) is 2.70. The van der Waals surface area contributed by atoms with Crippen molar-refractivity contribution in [3.8, 4) is 0 Å². The first-order chi connectivity index (χ1) is 9.33. The van der Waals surface area contributed by atoms with Gasteiger partial charge in [0.05, 0.1) is 12.5 Å². The summed E-state index contributed by atoms with van der Waals surface area (Å²) in [5.74, 6) is 0.158. The predicted octanol–water partition coefficient (Wildman–Crippen LogP) is 1.79. The van der Waals surface area contributed by atoms with Crippen LogP contribution < -0.4 is 10.6 Å². The Kier molecular flexibility index (Phi) is 5.36. The fourth-order valence-electron chi connectivity index (χ4n) is 2.38. The van der Waals surface area contributed by atoms with E-state index in [0.717, 1.165) is 31.6 Å². The Labute approximate surface area is 114 Å². The van der Waals surface area contributed by atoms with Crippen molar-refractivity contribution >= 4 is 11.6 Å². The number of carbonyl (C=O) groups excluding carboxylic acids is 1. The number of nitrogens with two attached hydrogens (primary N) is 1. The van der Waals surface area contributed by atoms with Crippen molar-refractivity contribution in [2.75, 3.05) is 31.2 Å². The van der Waals surface area contributed by atoms with Gasteiger partial charge >= 0.3 is 0 Å². The fraction of sp³-hybridized carbons (Fsp3) is 0.533. The van der Waals surface area contributed by atoms with Crippen LogP contribution in [0.25, 0.3) is 0 Å². The molecule has 104 valence electrons. The minimum absolute atomic E-state index is 0.00766. The number of anilines is 1. The highest BCUT2D eigenvalue weighted by Crippen LogP contribution is 2.21. The Morgan fingerprint density at radius 1 is 1.37 bits per heavy atom. The summed E-state index contributed by atoms with van der Waals surface area (Å²) >= 11 is 0. The van der Waals surface area contributed by atoms with Gasteiger partial charge in [0.15, 0.2) is 0 Å². The molecular formula is C15H22N2O2. The van der Waals surface area contributed by atoms with E-state index in [1.165, 1.54) is 0 Å². The lowest BCUT2D eigenvalue weighted by Gasteiger charge is -2.29. The molecule has 0 aliphatic carbocycles. The molecule has 1 saturated heterocycles. The quantitative estimate of drug-likeness (QED) is 0.880. The van der Waals surface area contributed by atoms with Crippen LogP contribution in [-0.2, 0) is 9.53 Å². The van der Waals surface area contributed by atoms with Gasteiger partial charge in [0.25, 0.3) is 0 Å². The van der Waals surface area contributed by atoms with Crippen LogP contribution in [0.15, 0.2) is 30.3 Å². The van der Waals surface area contributed by atoms with Gasteiger partial charge in [0.2, 0.25) is 5.91 Å². The Morgan fingerprint density at radius 2 is 2.16 bits per heavy atom. The zero-order chi connectivity index (χ0) is 13.5. The summed E-state index contributed by atoms with van der Waals surface area (Å²) in [5.41, 5.74) is 6.52. The van der Waals surface area contributed by atoms with Crippen LogP contribution in [0.3, 0.4) is 0 Å². The topological polar surface area (TPSA) is 55.6 Å². The van der Waals surface area contributed by atoms with Crippen LogP contribution in [0.1, 0.15) is 19.3 Å². The lowest BCUT2D eigenvalue weighted by Crippen LogP contribution is -2.40.